The maximum atomic E-state index is 9.48. The third-order valence-corrected chi connectivity index (χ3v) is 5.85. The molecule has 3 heterocycles. The van der Waals surface area contributed by atoms with Gasteiger partial charge in [-0.15, -0.1) is 0 Å². The van der Waals surface area contributed by atoms with E-state index in [1.807, 2.05) is 18.5 Å². The second-order valence-electron chi connectivity index (χ2n) is 8.07. The summed E-state index contributed by atoms with van der Waals surface area (Å²) in [6, 6.07) is 9.45. The molecule has 0 aliphatic heterocycles. The first-order valence-electron chi connectivity index (χ1n) is 11.1. The van der Waals surface area contributed by atoms with Gasteiger partial charge in [0.2, 0.25) is 5.95 Å². The molecule has 9 nitrogen and oxygen atoms in total. The van der Waals surface area contributed by atoms with E-state index >= 15 is 0 Å². The number of hydrogen-bond donors (Lipinski definition) is 3. The molecule has 1 aliphatic rings. The number of imidazole rings is 1. The van der Waals surface area contributed by atoms with Crippen molar-refractivity contribution < 1.29 is 5.11 Å². The molecular weight excluding hydrogens is 404 g/mol. The van der Waals surface area contributed by atoms with E-state index in [0.29, 0.717) is 30.2 Å². The van der Waals surface area contributed by atoms with Gasteiger partial charge in [0.25, 0.3) is 0 Å². The van der Waals surface area contributed by atoms with Crippen LogP contribution >= 0.6 is 0 Å². The van der Waals surface area contributed by atoms with Crippen molar-refractivity contribution in [2.24, 2.45) is 0 Å². The first-order valence-corrected chi connectivity index (χ1v) is 11.1. The minimum Gasteiger partial charge on any atom is -0.508 e. The van der Waals surface area contributed by atoms with Crippen LogP contribution in [0.15, 0.2) is 49.2 Å². The number of phenols is 1. The Morgan fingerprint density at radius 2 is 1.84 bits per heavy atom. The highest BCUT2D eigenvalue weighted by Gasteiger charge is 2.21. The topological polar surface area (TPSA) is 114 Å². The molecular formula is C23H26N8O. The Bertz CT molecular complexity index is 1170. The van der Waals surface area contributed by atoms with Gasteiger partial charge in [-0.1, -0.05) is 31.4 Å². The number of rotatable bonds is 7. The normalized spacial score (nSPS) is 14.5. The number of phenolic OH excluding ortho intramolecular Hbond substituents is 1. The number of nitrogens with zero attached hydrogens (tertiary/aromatic N) is 6. The second-order valence-corrected chi connectivity index (χ2v) is 8.07. The molecule has 9 heteroatoms. The molecule has 5 rings (SSSR count). The largest absolute Gasteiger partial charge is 0.508 e. The molecule has 4 aromatic rings. The van der Waals surface area contributed by atoms with Crippen molar-refractivity contribution >= 4 is 28.7 Å². The van der Waals surface area contributed by atoms with Gasteiger partial charge in [0.1, 0.15) is 17.9 Å². The molecule has 0 atom stereocenters. The van der Waals surface area contributed by atoms with Crippen molar-refractivity contribution in [1.29, 1.82) is 0 Å². The summed E-state index contributed by atoms with van der Waals surface area (Å²) < 4.78 is 2.20. The molecule has 0 unspecified atom stereocenters. The van der Waals surface area contributed by atoms with E-state index in [1.165, 1.54) is 25.6 Å². The number of aromatic nitrogens is 6. The molecule has 0 bridgehead atoms. The number of nitrogens with one attached hydrogen (secondary N) is 2. The zero-order valence-corrected chi connectivity index (χ0v) is 17.8. The fourth-order valence-electron chi connectivity index (χ4n) is 4.19. The molecule has 1 saturated carbocycles. The van der Waals surface area contributed by atoms with Crippen LogP contribution in [-0.2, 0) is 6.42 Å². The zero-order chi connectivity index (χ0) is 21.8. The summed E-state index contributed by atoms with van der Waals surface area (Å²) in [5.41, 5.74) is 2.73. The fourth-order valence-corrected chi connectivity index (χ4v) is 4.19. The number of hydrogen-bond acceptors (Lipinski definition) is 8. The van der Waals surface area contributed by atoms with Crippen LogP contribution in [0.1, 0.15) is 43.7 Å². The summed E-state index contributed by atoms with van der Waals surface area (Å²) in [5, 5.41) is 16.1. The quantitative estimate of drug-likeness (QED) is 0.399. The minimum atomic E-state index is 0.271. The maximum absolute atomic E-state index is 9.48. The molecule has 1 aromatic carbocycles. The van der Waals surface area contributed by atoms with Gasteiger partial charge in [-0.25, -0.2) is 15.0 Å². The number of anilines is 3. The average Bonchev–Trinajstić information content (AvgIpc) is 3.26. The van der Waals surface area contributed by atoms with E-state index < -0.39 is 0 Å². The van der Waals surface area contributed by atoms with Crippen molar-refractivity contribution in [2.45, 2.75) is 44.6 Å². The van der Waals surface area contributed by atoms with Gasteiger partial charge in [0.05, 0.1) is 6.33 Å². The zero-order valence-electron chi connectivity index (χ0n) is 17.8. The van der Waals surface area contributed by atoms with E-state index in [0.717, 1.165) is 36.0 Å². The summed E-state index contributed by atoms with van der Waals surface area (Å²) in [6.45, 7) is 0.681. The van der Waals surface area contributed by atoms with E-state index in [4.69, 9.17) is 9.97 Å². The summed E-state index contributed by atoms with van der Waals surface area (Å²) in [5.74, 6) is 2.08. The Balaban J connectivity index is 1.43. The second kappa shape index (κ2) is 9.17. The van der Waals surface area contributed by atoms with Crippen LogP contribution in [0.4, 0.5) is 17.6 Å². The number of aromatic hydroxyl groups is 1. The first kappa shape index (κ1) is 20.2. The minimum absolute atomic E-state index is 0.271. The molecule has 164 valence electrons. The molecule has 0 radical (unpaired) electrons. The van der Waals surface area contributed by atoms with Gasteiger partial charge in [-0.3, -0.25) is 0 Å². The van der Waals surface area contributed by atoms with E-state index in [2.05, 4.69) is 30.2 Å². The van der Waals surface area contributed by atoms with E-state index in [1.54, 1.807) is 24.4 Å². The number of benzene rings is 1. The monoisotopic (exact) mass is 430 g/mol. The van der Waals surface area contributed by atoms with Crippen LogP contribution in [0.2, 0.25) is 0 Å². The SMILES string of the molecule is Oc1ccc(CCNc2nc(Nc3ccncn3)nc3c2ncn3C2CCCCC2)cc1. The molecule has 1 fully saturated rings. The van der Waals surface area contributed by atoms with Crippen LogP contribution < -0.4 is 10.6 Å². The molecule has 3 N–H and O–H groups in total. The van der Waals surface area contributed by atoms with Gasteiger partial charge in [-0.2, -0.15) is 9.97 Å². The predicted molar refractivity (Wildman–Crippen MR) is 123 cm³/mol. The highest BCUT2D eigenvalue weighted by Crippen LogP contribution is 2.32. The highest BCUT2D eigenvalue weighted by molar-refractivity contribution is 5.84. The standard InChI is InChI=1S/C23H26N8O/c32-18-8-6-16(7-9-18)10-13-25-21-20-22(31(15-27-20)17-4-2-1-3-5-17)30-23(29-21)28-19-11-12-24-14-26-19/h6-9,11-12,14-15,17,32H,1-5,10,13H2,(H2,24,25,26,28,29,30). The Morgan fingerprint density at radius 3 is 2.62 bits per heavy atom. The Hall–Kier alpha value is -3.75. The van der Waals surface area contributed by atoms with Gasteiger partial charge in [0.15, 0.2) is 17.0 Å². The summed E-state index contributed by atoms with van der Waals surface area (Å²) in [4.78, 5) is 22.3. The summed E-state index contributed by atoms with van der Waals surface area (Å²) >= 11 is 0. The molecule has 0 saturated heterocycles. The van der Waals surface area contributed by atoms with Crippen LogP contribution in [0, 0.1) is 0 Å². The van der Waals surface area contributed by atoms with Gasteiger partial charge in [0, 0.05) is 18.8 Å². The summed E-state index contributed by atoms with van der Waals surface area (Å²) in [7, 11) is 0. The Morgan fingerprint density at radius 1 is 1.00 bits per heavy atom. The smallest absolute Gasteiger partial charge is 0.232 e. The van der Waals surface area contributed by atoms with Crippen molar-refractivity contribution in [2.75, 3.05) is 17.2 Å². The predicted octanol–water partition coefficient (Wildman–Crippen LogP) is 4.23. The third-order valence-electron chi connectivity index (χ3n) is 5.85. The lowest BCUT2D eigenvalue weighted by Crippen LogP contribution is -2.13. The van der Waals surface area contributed by atoms with Crippen molar-refractivity contribution in [1.82, 2.24) is 29.5 Å². The van der Waals surface area contributed by atoms with Gasteiger partial charge >= 0.3 is 0 Å². The van der Waals surface area contributed by atoms with E-state index in [9.17, 15) is 5.11 Å². The lowest BCUT2D eigenvalue weighted by atomic mass is 9.95. The van der Waals surface area contributed by atoms with Crippen molar-refractivity contribution in [3.8, 4) is 5.75 Å². The number of fused-ring (bicyclic) bond motifs is 1. The van der Waals surface area contributed by atoms with Gasteiger partial charge in [-0.05, 0) is 43.0 Å². The van der Waals surface area contributed by atoms with Crippen LogP contribution in [-0.4, -0.2) is 41.1 Å². The lowest BCUT2D eigenvalue weighted by molar-refractivity contribution is 0.358. The third kappa shape index (κ3) is 4.46. The lowest BCUT2D eigenvalue weighted by Gasteiger charge is -2.23. The summed E-state index contributed by atoms with van der Waals surface area (Å²) in [6.07, 6.45) is 11.9. The van der Waals surface area contributed by atoms with Crippen LogP contribution in [0.5, 0.6) is 5.75 Å². The first-order chi connectivity index (χ1) is 15.8. The average molecular weight is 431 g/mol. The molecule has 32 heavy (non-hydrogen) atoms. The Kier molecular flexibility index (Phi) is 5.78. The molecule has 1 aliphatic carbocycles. The van der Waals surface area contributed by atoms with E-state index in [-0.39, 0.29) is 5.75 Å². The van der Waals surface area contributed by atoms with Crippen molar-refractivity contribution in [3.63, 3.8) is 0 Å². The van der Waals surface area contributed by atoms with Crippen LogP contribution in [0.3, 0.4) is 0 Å². The highest BCUT2D eigenvalue weighted by atomic mass is 16.3. The fraction of sp³-hybridized carbons (Fsp3) is 0.348. The Labute approximate surface area is 186 Å². The molecule has 3 aromatic heterocycles. The molecule has 0 spiro atoms. The van der Waals surface area contributed by atoms with Gasteiger partial charge < -0.3 is 20.3 Å². The maximum Gasteiger partial charge on any atom is 0.232 e. The molecule has 0 amide bonds. The van der Waals surface area contributed by atoms with Crippen LogP contribution in [0.25, 0.3) is 11.2 Å². The van der Waals surface area contributed by atoms with Crippen molar-refractivity contribution in [3.05, 3.63) is 54.7 Å².